The monoisotopic (exact) mass is 264 g/mol. The van der Waals surface area contributed by atoms with E-state index in [1.807, 2.05) is 25.3 Å². The lowest BCUT2D eigenvalue weighted by Crippen LogP contribution is -2.38. The molecule has 1 aliphatic carbocycles. The molecule has 0 aromatic heterocycles. The molecule has 0 amide bonds. The number of aryl methyl sites for hydroxylation is 1. The highest BCUT2D eigenvalue weighted by molar-refractivity contribution is 7.98. The summed E-state index contributed by atoms with van der Waals surface area (Å²) in [6.45, 7) is 2.04. The summed E-state index contributed by atoms with van der Waals surface area (Å²) in [6, 6.07) is 6.19. The summed E-state index contributed by atoms with van der Waals surface area (Å²) in [5.41, 5.74) is 1.50. The van der Waals surface area contributed by atoms with Crippen molar-refractivity contribution in [2.45, 2.75) is 49.3 Å². The first-order valence-corrected chi connectivity index (χ1v) is 7.71. The highest BCUT2D eigenvalue weighted by Gasteiger charge is 2.42. The molecule has 1 aromatic carbocycles. The maximum atomic E-state index is 11.8. The van der Waals surface area contributed by atoms with Gasteiger partial charge in [-0.25, -0.2) is 0 Å². The third kappa shape index (κ3) is 2.28. The van der Waals surface area contributed by atoms with Crippen LogP contribution < -0.4 is 0 Å². The Morgan fingerprint density at radius 1 is 1.28 bits per heavy atom. The van der Waals surface area contributed by atoms with Gasteiger partial charge < -0.3 is 5.11 Å². The molecule has 0 unspecified atom stereocenters. The number of rotatable bonds is 3. The van der Waals surface area contributed by atoms with Gasteiger partial charge in [0, 0.05) is 4.90 Å². The molecule has 0 atom stereocenters. The average molecular weight is 264 g/mol. The fourth-order valence-electron chi connectivity index (χ4n) is 3.05. The van der Waals surface area contributed by atoms with E-state index in [0.29, 0.717) is 0 Å². The maximum Gasteiger partial charge on any atom is 0.314 e. The van der Waals surface area contributed by atoms with Crippen LogP contribution in [0.5, 0.6) is 0 Å². The van der Waals surface area contributed by atoms with Crippen LogP contribution in [0.3, 0.4) is 0 Å². The van der Waals surface area contributed by atoms with E-state index in [4.69, 9.17) is 0 Å². The third-order valence-electron chi connectivity index (χ3n) is 4.07. The summed E-state index contributed by atoms with van der Waals surface area (Å²) in [4.78, 5) is 13.0. The number of carboxylic acids is 1. The molecule has 18 heavy (non-hydrogen) atoms. The van der Waals surface area contributed by atoms with Crippen molar-refractivity contribution in [1.29, 1.82) is 0 Å². The normalized spacial score (nSPS) is 18.6. The molecule has 1 aliphatic rings. The molecule has 0 heterocycles. The summed E-state index contributed by atoms with van der Waals surface area (Å²) in [6.07, 6.45) is 6.81. The van der Waals surface area contributed by atoms with Gasteiger partial charge in [0.2, 0.25) is 0 Å². The molecule has 1 fully saturated rings. The van der Waals surface area contributed by atoms with Gasteiger partial charge in [-0.15, -0.1) is 11.8 Å². The molecular weight excluding hydrogens is 244 g/mol. The molecule has 0 radical (unpaired) electrons. The second kappa shape index (κ2) is 5.35. The fraction of sp³-hybridized carbons (Fsp3) is 0.533. The summed E-state index contributed by atoms with van der Waals surface area (Å²) < 4.78 is 0. The summed E-state index contributed by atoms with van der Waals surface area (Å²) in [5.74, 6) is -0.651. The molecule has 2 nitrogen and oxygen atoms in total. The van der Waals surface area contributed by atoms with Crippen LogP contribution in [0.1, 0.15) is 43.2 Å². The zero-order valence-electron chi connectivity index (χ0n) is 11.0. The van der Waals surface area contributed by atoms with Gasteiger partial charge in [0.05, 0.1) is 5.41 Å². The van der Waals surface area contributed by atoms with Crippen molar-refractivity contribution in [2.75, 3.05) is 6.26 Å². The Morgan fingerprint density at radius 2 is 1.94 bits per heavy atom. The topological polar surface area (TPSA) is 37.3 Å². The predicted octanol–water partition coefficient (Wildman–Crippen LogP) is 4.00. The fourth-order valence-corrected chi connectivity index (χ4v) is 3.55. The minimum Gasteiger partial charge on any atom is -0.481 e. The number of hydrogen-bond acceptors (Lipinski definition) is 2. The zero-order chi connectivity index (χ0) is 13.2. The van der Waals surface area contributed by atoms with E-state index in [9.17, 15) is 9.90 Å². The summed E-state index contributed by atoms with van der Waals surface area (Å²) in [5, 5.41) is 9.69. The van der Waals surface area contributed by atoms with Crippen molar-refractivity contribution < 1.29 is 9.90 Å². The first-order chi connectivity index (χ1) is 8.60. The number of carboxylic acid groups (broad SMARTS) is 1. The van der Waals surface area contributed by atoms with Crippen LogP contribution in [0.2, 0.25) is 0 Å². The molecule has 1 N–H and O–H groups in total. The summed E-state index contributed by atoms with van der Waals surface area (Å²) in [7, 11) is 0. The maximum absolute atomic E-state index is 11.8. The number of carbonyl (C=O) groups is 1. The number of hydrogen-bond donors (Lipinski definition) is 1. The minimum absolute atomic E-state index is 0.640. The molecule has 1 saturated carbocycles. The average Bonchev–Trinajstić information content (AvgIpc) is 2.39. The second-order valence-electron chi connectivity index (χ2n) is 5.13. The van der Waals surface area contributed by atoms with Crippen molar-refractivity contribution in [3.05, 3.63) is 29.3 Å². The van der Waals surface area contributed by atoms with Gasteiger partial charge in [0.25, 0.3) is 0 Å². The van der Waals surface area contributed by atoms with Gasteiger partial charge in [-0.2, -0.15) is 0 Å². The number of thioether (sulfide) groups is 1. The van der Waals surface area contributed by atoms with E-state index >= 15 is 0 Å². The van der Waals surface area contributed by atoms with E-state index < -0.39 is 11.4 Å². The Labute approximate surface area is 113 Å². The van der Waals surface area contributed by atoms with Crippen molar-refractivity contribution in [2.24, 2.45) is 0 Å². The van der Waals surface area contributed by atoms with Crippen molar-refractivity contribution in [3.63, 3.8) is 0 Å². The van der Waals surface area contributed by atoms with Crippen molar-refractivity contribution in [1.82, 2.24) is 0 Å². The van der Waals surface area contributed by atoms with Crippen molar-refractivity contribution in [3.8, 4) is 0 Å². The van der Waals surface area contributed by atoms with Crippen LogP contribution in [-0.4, -0.2) is 17.3 Å². The lowest BCUT2D eigenvalue weighted by molar-refractivity contribution is -0.145. The van der Waals surface area contributed by atoms with Crippen LogP contribution in [0.4, 0.5) is 0 Å². The van der Waals surface area contributed by atoms with Gasteiger partial charge >= 0.3 is 5.97 Å². The van der Waals surface area contributed by atoms with Gasteiger partial charge in [-0.3, -0.25) is 4.79 Å². The van der Waals surface area contributed by atoms with Gasteiger partial charge in [-0.05, 0) is 49.3 Å². The summed E-state index contributed by atoms with van der Waals surface area (Å²) >= 11 is 1.70. The molecule has 0 spiro atoms. The minimum atomic E-state index is -0.651. The number of aliphatic carboxylic acids is 1. The van der Waals surface area contributed by atoms with Crippen LogP contribution in [0.15, 0.2) is 23.1 Å². The highest BCUT2D eigenvalue weighted by atomic mass is 32.2. The molecule has 0 aliphatic heterocycles. The molecular formula is C15H20O2S. The van der Waals surface area contributed by atoms with Gasteiger partial charge in [-0.1, -0.05) is 25.3 Å². The Kier molecular flexibility index (Phi) is 4.00. The second-order valence-corrected chi connectivity index (χ2v) is 6.01. The van der Waals surface area contributed by atoms with E-state index in [1.54, 1.807) is 11.8 Å². The standard InChI is InChI=1S/C15H20O2S/c1-11-10-12(18-2)6-7-13(11)15(14(16)17)8-4-3-5-9-15/h6-7,10H,3-5,8-9H2,1-2H3,(H,16,17). The van der Waals surface area contributed by atoms with Crippen LogP contribution in [0.25, 0.3) is 0 Å². The first kappa shape index (κ1) is 13.5. The van der Waals surface area contributed by atoms with Crippen LogP contribution >= 0.6 is 11.8 Å². The smallest absolute Gasteiger partial charge is 0.314 e. The van der Waals surface area contributed by atoms with Gasteiger partial charge in [0.15, 0.2) is 0 Å². The molecule has 0 bridgehead atoms. The highest BCUT2D eigenvalue weighted by Crippen LogP contribution is 2.41. The predicted molar refractivity (Wildman–Crippen MR) is 75.4 cm³/mol. The van der Waals surface area contributed by atoms with Crippen LogP contribution in [-0.2, 0) is 10.2 Å². The number of benzene rings is 1. The largest absolute Gasteiger partial charge is 0.481 e. The molecule has 3 heteroatoms. The van der Waals surface area contributed by atoms with Gasteiger partial charge in [0.1, 0.15) is 0 Å². The molecule has 1 aromatic rings. The molecule has 0 saturated heterocycles. The van der Waals surface area contributed by atoms with E-state index in [2.05, 4.69) is 6.07 Å². The Morgan fingerprint density at radius 3 is 2.44 bits per heavy atom. The van der Waals surface area contributed by atoms with Crippen LogP contribution in [0, 0.1) is 6.92 Å². The lowest BCUT2D eigenvalue weighted by atomic mass is 9.68. The Bertz CT molecular complexity index is 448. The third-order valence-corrected chi connectivity index (χ3v) is 4.79. The van der Waals surface area contributed by atoms with E-state index in [-0.39, 0.29) is 0 Å². The quantitative estimate of drug-likeness (QED) is 0.838. The lowest BCUT2D eigenvalue weighted by Gasteiger charge is -2.35. The van der Waals surface area contributed by atoms with E-state index in [0.717, 1.165) is 43.2 Å². The van der Waals surface area contributed by atoms with Crippen molar-refractivity contribution >= 4 is 17.7 Å². The Hall–Kier alpha value is -0.960. The SMILES string of the molecule is CSc1ccc(C2(C(=O)O)CCCCC2)c(C)c1. The zero-order valence-corrected chi connectivity index (χ0v) is 11.8. The Balaban J connectivity index is 2.45. The van der Waals surface area contributed by atoms with E-state index in [1.165, 1.54) is 4.90 Å². The first-order valence-electron chi connectivity index (χ1n) is 6.49. The molecule has 2 rings (SSSR count). The molecule has 98 valence electrons.